The van der Waals surface area contributed by atoms with E-state index in [9.17, 15) is 9.59 Å². The van der Waals surface area contributed by atoms with E-state index in [4.69, 9.17) is 9.84 Å². The number of benzene rings is 1. The van der Waals surface area contributed by atoms with Gasteiger partial charge in [-0.3, -0.25) is 4.79 Å². The number of nitrogens with one attached hydrogen (secondary N) is 1. The van der Waals surface area contributed by atoms with Gasteiger partial charge in [-0.2, -0.15) is 0 Å². The lowest BCUT2D eigenvalue weighted by atomic mass is 10.2. The van der Waals surface area contributed by atoms with E-state index in [-0.39, 0.29) is 12.5 Å². The number of piperazine rings is 1. The molecule has 0 aliphatic carbocycles. The van der Waals surface area contributed by atoms with Crippen molar-refractivity contribution in [3.8, 4) is 5.75 Å². The van der Waals surface area contributed by atoms with E-state index in [0.717, 1.165) is 13.1 Å². The van der Waals surface area contributed by atoms with Crippen LogP contribution in [-0.2, 0) is 4.79 Å². The number of amides is 1. The average Bonchev–Trinajstić information content (AvgIpc) is 2.46. The van der Waals surface area contributed by atoms with Gasteiger partial charge in [0.2, 0.25) is 0 Å². The van der Waals surface area contributed by atoms with Crippen molar-refractivity contribution in [1.29, 1.82) is 0 Å². The molecule has 19 heavy (non-hydrogen) atoms. The van der Waals surface area contributed by atoms with E-state index >= 15 is 0 Å². The van der Waals surface area contributed by atoms with Gasteiger partial charge in [-0.15, -0.1) is 0 Å². The van der Waals surface area contributed by atoms with Crippen LogP contribution < -0.4 is 10.1 Å². The fraction of sp³-hybridized carbons (Fsp3) is 0.385. The maximum atomic E-state index is 12.1. The molecule has 0 atom stereocenters. The predicted molar refractivity (Wildman–Crippen MR) is 68.3 cm³/mol. The lowest BCUT2D eigenvalue weighted by Gasteiger charge is -2.27. The summed E-state index contributed by atoms with van der Waals surface area (Å²) in [5.41, 5.74) is 0.588. The molecule has 0 bridgehead atoms. The lowest BCUT2D eigenvalue weighted by molar-refractivity contribution is -0.139. The molecule has 1 aromatic rings. The molecule has 1 heterocycles. The van der Waals surface area contributed by atoms with E-state index in [1.165, 1.54) is 0 Å². The highest BCUT2D eigenvalue weighted by atomic mass is 16.5. The molecule has 0 unspecified atom stereocenters. The molecule has 1 saturated heterocycles. The van der Waals surface area contributed by atoms with Gasteiger partial charge in [0.15, 0.2) is 6.61 Å². The smallest absolute Gasteiger partial charge is 0.341 e. The molecule has 0 spiro atoms. The highest BCUT2D eigenvalue weighted by Crippen LogP contribution is 2.14. The third-order valence-electron chi connectivity index (χ3n) is 2.87. The fourth-order valence-corrected chi connectivity index (χ4v) is 1.89. The SMILES string of the molecule is O=C(O)COc1ccc(C(=O)N2CCNCC2)cc1. The molecule has 2 rings (SSSR count). The minimum absolute atomic E-state index is 0.00807. The number of carbonyl (C=O) groups is 2. The molecule has 1 aliphatic heterocycles. The highest BCUT2D eigenvalue weighted by molar-refractivity contribution is 5.94. The molecule has 6 heteroatoms. The van der Waals surface area contributed by atoms with Gasteiger partial charge in [-0.1, -0.05) is 0 Å². The molecule has 1 fully saturated rings. The largest absolute Gasteiger partial charge is 0.482 e. The molecular formula is C13H16N2O4. The van der Waals surface area contributed by atoms with Crippen molar-refractivity contribution in [2.75, 3.05) is 32.8 Å². The summed E-state index contributed by atoms with van der Waals surface area (Å²) in [6, 6.07) is 6.53. The van der Waals surface area contributed by atoms with Crippen molar-refractivity contribution in [3.63, 3.8) is 0 Å². The van der Waals surface area contributed by atoms with Crippen LogP contribution in [0.4, 0.5) is 0 Å². The minimum Gasteiger partial charge on any atom is -0.482 e. The Morgan fingerprint density at radius 1 is 1.21 bits per heavy atom. The zero-order chi connectivity index (χ0) is 13.7. The Morgan fingerprint density at radius 3 is 2.42 bits per heavy atom. The zero-order valence-corrected chi connectivity index (χ0v) is 10.5. The van der Waals surface area contributed by atoms with Gasteiger partial charge >= 0.3 is 5.97 Å². The topological polar surface area (TPSA) is 78.9 Å². The van der Waals surface area contributed by atoms with Crippen LogP contribution in [0.2, 0.25) is 0 Å². The van der Waals surface area contributed by atoms with Gasteiger partial charge in [0, 0.05) is 31.7 Å². The molecule has 6 nitrogen and oxygen atoms in total. The van der Waals surface area contributed by atoms with Gasteiger partial charge in [-0.05, 0) is 24.3 Å². The molecule has 1 aromatic carbocycles. The summed E-state index contributed by atoms with van der Waals surface area (Å²) in [7, 11) is 0. The van der Waals surface area contributed by atoms with Crippen LogP contribution in [0, 0.1) is 0 Å². The second-order valence-electron chi connectivity index (χ2n) is 4.25. The summed E-state index contributed by atoms with van der Waals surface area (Å²) in [6.07, 6.45) is 0. The number of carbonyl (C=O) groups excluding carboxylic acids is 1. The normalized spacial score (nSPS) is 15.1. The third-order valence-corrected chi connectivity index (χ3v) is 2.87. The quantitative estimate of drug-likeness (QED) is 0.812. The van der Waals surface area contributed by atoms with Crippen LogP contribution >= 0.6 is 0 Å². The Balaban J connectivity index is 1.97. The van der Waals surface area contributed by atoms with Crippen LogP contribution in [0.25, 0.3) is 0 Å². The number of carboxylic acid groups (broad SMARTS) is 1. The fourth-order valence-electron chi connectivity index (χ4n) is 1.89. The Hall–Kier alpha value is -2.08. The van der Waals surface area contributed by atoms with Gasteiger partial charge < -0.3 is 20.1 Å². The van der Waals surface area contributed by atoms with Crippen molar-refractivity contribution in [3.05, 3.63) is 29.8 Å². The average molecular weight is 264 g/mol. The molecule has 1 aliphatic rings. The second-order valence-corrected chi connectivity index (χ2v) is 4.25. The van der Waals surface area contributed by atoms with Crippen molar-refractivity contribution in [2.45, 2.75) is 0 Å². The van der Waals surface area contributed by atoms with Crippen LogP contribution in [0.3, 0.4) is 0 Å². The van der Waals surface area contributed by atoms with Gasteiger partial charge in [-0.25, -0.2) is 4.79 Å². The van der Waals surface area contributed by atoms with Crippen molar-refractivity contribution in [2.24, 2.45) is 0 Å². The summed E-state index contributed by atoms with van der Waals surface area (Å²) in [5, 5.41) is 11.7. The van der Waals surface area contributed by atoms with Crippen LogP contribution in [0.1, 0.15) is 10.4 Å². The monoisotopic (exact) mass is 264 g/mol. The van der Waals surface area contributed by atoms with Crippen molar-refractivity contribution < 1.29 is 19.4 Å². The number of ether oxygens (including phenoxy) is 1. The van der Waals surface area contributed by atoms with Crippen LogP contribution in [0.15, 0.2) is 24.3 Å². The van der Waals surface area contributed by atoms with Crippen molar-refractivity contribution >= 4 is 11.9 Å². The second kappa shape index (κ2) is 6.19. The molecule has 0 radical (unpaired) electrons. The third kappa shape index (κ3) is 3.69. The Kier molecular flexibility index (Phi) is 4.35. The Morgan fingerprint density at radius 2 is 1.84 bits per heavy atom. The van der Waals surface area contributed by atoms with E-state index in [1.807, 2.05) is 0 Å². The number of aliphatic carboxylic acids is 1. The maximum absolute atomic E-state index is 12.1. The molecule has 102 valence electrons. The lowest BCUT2D eigenvalue weighted by Crippen LogP contribution is -2.46. The van der Waals surface area contributed by atoms with Crippen LogP contribution in [0.5, 0.6) is 5.75 Å². The predicted octanol–water partition coefficient (Wildman–Crippen LogP) is 0.195. The van der Waals surface area contributed by atoms with Gasteiger partial charge in [0.05, 0.1) is 0 Å². The molecule has 2 N–H and O–H groups in total. The van der Waals surface area contributed by atoms with Gasteiger partial charge in [0.25, 0.3) is 5.91 Å². The summed E-state index contributed by atoms with van der Waals surface area (Å²) in [4.78, 5) is 24.3. The first-order chi connectivity index (χ1) is 9.16. The first-order valence-electron chi connectivity index (χ1n) is 6.11. The number of hydrogen-bond donors (Lipinski definition) is 2. The summed E-state index contributed by atoms with van der Waals surface area (Å²) >= 11 is 0. The zero-order valence-electron chi connectivity index (χ0n) is 10.5. The minimum atomic E-state index is -1.03. The maximum Gasteiger partial charge on any atom is 0.341 e. The van der Waals surface area contributed by atoms with Gasteiger partial charge in [0.1, 0.15) is 5.75 Å². The molecular weight excluding hydrogens is 248 g/mol. The highest BCUT2D eigenvalue weighted by Gasteiger charge is 2.17. The summed E-state index contributed by atoms with van der Waals surface area (Å²) in [5.74, 6) is -0.591. The standard InChI is InChI=1S/C13H16N2O4/c16-12(17)9-19-11-3-1-10(2-4-11)13(18)15-7-5-14-6-8-15/h1-4,14H,5-9H2,(H,16,17). The van der Waals surface area contributed by atoms with E-state index in [1.54, 1.807) is 29.2 Å². The Labute approximate surface area is 111 Å². The van der Waals surface area contributed by atoms with E-state index < -0.39 is 5.97 Å². The summed E-state index contributed by atoms with van der Waals surface area (Å²) in [6.45, 7) is 2.65. The first-order valence-corrected chi connectivity index (χ1v) is 6.11. The molecule has 1 amide bonds. The first kappa shape index (κ1) is 13.4. The molecule has 0 aromatic heterocycles. The number of nitrogens with zero attached hydrogens (tertiary/aromatic N) is 1. The number of rotatable bonds is 4. The van der Waals surface area contributed by atoms with E-state index in [0.29, 0.717) is 24.4 Å². The molecule has 0 saturated carbocycles. The van der Waals surface area contributed by atoms with Crippen LogP contribution in [-0.4, -0.2) is 54.7 Å². The Bertz CT molecular complexity index is 452. The summed E-state index contributed by atoms with van der Waals surface area (Å²) < 4.78 is 5.01. The number of hydrogen-bond acceptors (Lipinski definition) is 4. The number of carboxylic acids is 1. The van der Waals surface area contributed by atoms with E-state index in [2.05, 4.69) is 5.32 Å². The van der Waals surface area contributed by atoms with Crippen molar-refractivity contribution in [1.82, 2.24) is 10.2 Å².